The molecule has 2 rings (SSSR count). The van der Waals surface area contributed by atoms with Crippen molar-refractivity contribution >= 4 is 12.2 Å². The first-order chi connectivity index (χ1) is 6.66. The Morgan fingerprint density at radius 1 is 1.29 bits per heavy atom. The van der Waals surface area contributed by atoms with Crippen LogP contribution in [0, 0.1) is 11.8 Å². The zero-order valence-electron chi connectivity index (χ0n) is 8.02. The average Bonchev–Trinajstić information content (AvgIpc) is 2.48. The van der Waals surface area contributed by atoms with Gasteiger partial charge < -0.3 is 4.42 Å². The van der Waals surface area contributed by atoms with Gasteiger partial charge in [0.1, 0.15) is 0 Å². The summed E-state index contributed by atoms with van der Waals surface area (Å²) < 4.78 is 6.85. The molecule has 0 saturated heterocycles. The quantitative estimate of drug-likeness (QED) is 0.672. The van der Waals surface area contributed by atoms with Gasteiger partial charge in [0.15, 0.2) is 0 Å². The van der Waals surface area contributed by atoms with Gasteiger partial charge in [-0.15, -0.1) is 5.10 Å². The maximum atomic E-state index is 5.31. The summed E-state index contributed by atoms with van der Waals surface area (Å²) in [5.41, 5.74) is 2.16. The van der Waals surface area contributed by atoms with Gasteiger partial charge >= 0.3 is 0 Å². The summed E-state index contributed by atoms with van der Waals surface area (Å²) in [6.07, 6.45) is 0. The minimum Gasteiger partial charge on any atom is -0.409 e. The van der Waals surface area contributed by atoms with Crippen LogP contribution in [0.5, 0.6) is 0 Å². The summed E-state index contributed by atoms with van der Waals surface area (Å²) in [4.78, 5) is 0.389. The first kappa shape index (κ1) is 9.15. The maximum absolute atomic E-state index is 5.31. The summed E-state index contributed by atoms with van der Waals surface area (Å²) in [7, 11) is 1.77. The molecule has 72 valence electrons. The van der Waals surface area contributed by atoms with E-state index in [1.54, 1.807) is 11.7 Å². The van der Waals surface area contributed by atoms with Crippen LogP contribution < -0.4 is 0 Å². The van der Waals surface area contributed by atoms with E-state index < -0.39 is 0 Å². The lowest BCUT2D eigenvalue weighted by atomic mass is 10.1. The second kappa shape index (κ2) is 3.38. The summed E-state index contributed by atoms with van der Waals surface area (Å²) >= 11 is 4.93. The topological polar surface area (TPSA) is 31.0 Å². The Hall–Kier alpha value is -1.42. The van der Waals surface area contributed by atoms with Crippen LogP contribution in [0.1, 0.15) is 5.56 Å². The minimum atomic E-state index is 0.389. The predicted octanol–water partition coefficient (Wildman–Crippen LogP) is 2.72. The van der Waals surface area contributed by atoms with Gasteiger partial charge in [0, 0.05) is 12.6 Å². The van der Waals surface area contributed by atoms with E-state index in [-0.39, 0.29) is 0 Å². The Bertz CT molecular complexity index is 496. The molecule has 1 aromatic carbocycles. The molecular formula is C10H10N2OS. The van der Waals surface area contributed by atoms with E-state index >= 15 is 0 Å². The van der Waals surface area contributed by atoms with Gasteiger partial charge in [-0.05, 0) is 31.3 Å². The average molecular weight is 206 g/mol. The normalized spacial score (nSPS) is 10.4. The fourth-order valence-corrected chi connectivity index (χ4v) is 1.28. The van der Waals surface area contributed by atoms with Gasteiger partial charge in [0.2, 0.25) is 5.89 Å². The number of benzene rings is 1. The SMILES string of the molecule is Cc1ccc(-c2nn(C)c(=S)o2)cc1. The third-order valence-electron chi connectivity index (χ3n) is 1.99. The second-order valence-electron chi connectivity index (χ2n) is 3.16. The van der Waals surface area contributed by atoms with E-state index in [1.165, 1.54) is 5.56 Å². The summed E-state index contributed by atoms with van der Waals surface area (Å²) in [6, 6.07) is 7.97. The maximum Gasteiger partial charge on any atom is 0.287 e. The van der Waals surface area contributed by atoms with Crippen molar-refractivity contribution in [1.82, 2.24) is 9.78 Å². The van der Waals surface area contributed by atoms with E-state index in [1.807, 2.05) is 31.2 Å². The largest absolute Gasteiger partial charge is 0.409 e. The molecule has 0 bridgehead atoms. The third-order valence-corrected chi connectivity index (χ3v) is 2.34. The van der Waals surface area contributed by atoms with Crippen LogP contribution in [-0.4, -0.2) is 9.78 Å². The lowest BCUT2D eigenvalue weighted by Crippen LogP contribution is -1.89. The van der Waals surface area contributed by atoms with Crippen molar-refractivity contribution in [2.24, 2.45) is 7.05 Å². The van der Waals surface area contributed by atoms with Crippen molar-refractivity contribution in [3.63, 3.8) is 0 Å². The van der Waals surface area contributed by atoms with Crippen LogP contribution in [-0.2, 0) is 7.05 Å². The summed E-state index contributed by atoms with van der Waals surface area (Å²) in [5.74, 6) is 0.567. The summed E-state index contributed by atoms with van der Waals surface area (Å²) in [6.45, 7) is 2.04. The molecule has 0 spiro atoms. The van der Waals surface area contributed by atoms with Gasteiger partial charge in [-0.1, -0.05) is 17.7 Å². The van der Waals surface area contributed by atoms with Crippen LogP contribution in [0.4, 0.5) is 0 Å². The van der Waals surface area contributed by atoms with Gasteiger partial charge in [-0.2, -0.15) is 0 Å². The molecule has 0 aliphatic rings. The fraction of sp³-hybridized carbons (Fsp3) is 0.200. The minimum absolute atomic E-state index is 0.389. The molecule has 3 nitrogen and oxygen atoms in total. The molecule has 1 aromatic heterocycles. The number of rotatable bonds is 1. The first-order valence-corrected chi connectivity index (χ1v) is 4.69. The van der Waals surface area contributed by atoms with E-state index in [9.17, 15) is 0 Å². The van der Waals surface area contributed by atoms with Crippen LogP contribution in [0.15, 0.2) is 28.7 Å². The highest BCUT2D eigenvalue weighted by atomic mass is 32.1. The smallest absolute Gasteiger partial charge is 0.287 e. The van der Waals surface area contributed by atoms with Crippen LogP contribution in [0.3, 0.4) is 0 Å². The molecule has 1 heterocycles. The van der Waals surface area contributed by atoms with Gasteiger partial charge in [0.05, 0.1) is 0 Å². The number of nitrogens with zero attached hydrogens (tertiary/aromatic N) is 2. The molecule has 0 aliphatic heterocycles. The van der Waals surface area contributed by atoms with E-state index in [2.05, 4.69) is 5.10 Å². The third kappa shape index (κ3) is 1.61. The highest BCUT2D eigenvalue weighted by molar-refractivity contribution is 7.71. The molecule has 0 unspecified atom stereocenters. The molecule has 14 heavy (non-hydrogen) atoms. The van der Waals surface area contributed by atoms with Crippen molar-refractivity contribution < 1.29 is 4.42 Å². The molecule has 0 amide bonds. The summed E-state index contributed by atoms with van der Waals surface area (Å²) in [5, 5.41) is 4.16. The lowest BCUT2D eigenvalue weighted by molar-refractivity contribution is 0.534. The highest BCUT2D eigenvalue weighted by Gasteiger charge is 2.04. The highest BCUT2D eigenvalue weighted by Crippen LogP contribution is 2.17. The Labute approximate surface area is 87.0 Å². The first-order valence-electron chi connectivity index (χ1n) is 4.28. The van der Waals surface area contributed by atoms with Gasteiger partial charge in [-0.3, -0.25) is 0 Å². The van der Waals surface area contributed by atoms with Crippen LogP contribution in [0.25, 0.3) is 11.5 Å². The zero-order chi connectivity index (χ0) is 10.1. The second-order valence-corrected chi connectivity index (χ2v) is 3.51. The molecule has 2 aromatic rings. The van der Waals surface area contributed by atoms with Crippen molar-refractivity contribution in [2.45, 2.75) is 6.92 Å². The van der Waals surface area contributed by atoms with Crippen molar-refractivity contribution in [2.75, 3.05) is 0 Å². The van der Waals surface area contributed by atoms with E-state index in [0.717, 1.165) is 5.56 Å². The molecule has 0 radical (unpaired) electrons. The monoisotopic (exact) mass is 206 g/mol. The molecule has 0 atom stereocenters. The van der Waals surface area contributed by atoms with E-state index in [4.69, 9.17) is 16.6 Å². The van der Waals surface area contributed by atoms with Crippen molar-refractivity contribution in [3.8, 4) is 11.5 Å². The lowest BCUT2D eigenvalue weighted by Gasteiger charge is -1.94. The Morgan fingerprint density at radius 3 is 2.43 bits per heavy atom. The Morgan fingerprint density at radius 2 is 1.93 bits per heavy atom. The Balaban J connectivity index is 2.49. The molecule has 0 fully saturated rings. The zero-order valence-corrected chi connectivity index (χ0v) is 8.84. The van der Waals surface area contributed by atoms with Crippen molar-refractivity contribution in [3.05, 3.63) is 34.7 Å². The number of aromatic nitrogens is 2. The van der Waals surface area contributed by atoms with Crippen molar-refractivity contribution in [1.29, 1.82) is 0 Å². The van der Waals surface area contributed by atoms with Crippen LogP contribution >= 0.6 is 12.2 Å². The van der Waals surface area contributed by atoms with Gasteiger partial charge in [-0.25, -0.2) is 4.68 Å². The number of aryl methyl sites for hydroxylation is 2. The molecule has 0 N–H and O–H groups in total. The van der Waals surface area contributed by atoms with E-state index in [0.29, 0.717) is 10.7 Å². The fourth-order valence-electron chi connectivity index (χ4n) is 1.16. The molecular weight excluding hydrogens is 196 g/mol. The molecule has 0 saturated carbocycles. The molecule has 4 heteroatoms. The number of hydrogen-bond donors (Lipinski definition) is 0. The predicted molar refractivity (Wildman–Crippen MR) is 56.5 cm³/mol. The standard InChI is InChI=1S/C10H10N2OS/c1-7-3-5-8(6-4-7)9-11-12(2)10(14)13-9/h3-6H,1-2H3. The van der Waals surface area contributed by atoms with Gasteiger partial charge in [0.25, 0.3) is 4.84 Å². The number of hydrogen-bond acceptors (Lipinski definition) is 3. The van der Waals surface area contributed by atoms with Crippen LogP contribution in [0.2, 0.25) is 0 Å². The molecule has 0 aliphatic carbocycles. The Kier molecular flexibility index (Phi) is 2.21.